The van der Waals surface area contributed by atoms with Crippen LogP contribution in [0.3, 0.4) is 0 Å². The van der Waals surface area contributed by atoms with Crippen LogP contribution in [0.2, 0.25) is 0 Å². The van der Waals surface area contributed by atoms with Crippen LogP contribution >= 0.6 is 0 Å². The molecular weight excluding hydrogens is 1050 g/mol. The Hall–Kier alpha value is -8.59. The molecule has 82 heavy (non-hydrogen) atoms. The van der Waals surface area contributed by atoms with Gasteiger partial charge in [-0.2, -0.15) is 0 Å². The van der Waals surface area contributed by atoms with Crippen molar-refractivity contribution in [3.8, 4) is 11.1 Å². The van der Waals surface area contributed by atoms with Crippen molar-refractivity contribution in [2.75, 3.05) is 57.1 Å². The molecular formula is C61H76N8O13. The highest BCUT2D eigenvalue weighted by atomic mass is 16.6. The normalized spacial score (nSPS) is 15.3. The smallest absolute Gasteiger partial charge is 0.410 e. The van der Waals surface area contributed by atoms with Gasteiger partial charge in [-0.05, 0) is 152 Å². The van der Waals surface area contributed by atoms with Crippen LogP contribution in [0.4, 0.5) is 25.8 Å². The summed E-state index contributed by atoms with van der Waals surface area (Å²) in [5.74, 6) is -2.27. The number of fused-ring (bicyclic) bond motifs is 5. The van der Waals surface area contributed by atoms with Gasteiger partial charge in [0.15, 0.2) is 0 Å². The first kappa shape index (κ1) is 61.0. The summed E-state index contributed by atoms with van der Waals surface area (Å²) in [7, 11) is 3.63. The number of carbonyl (C=O) groups excluding carboxylic acids is 6. The van der Waals surface area contributed by atoms with Gasteiger partial charge in [0.25, 0.3) is 0 Å². The first-order valence-corrected chi connectivity index (χ1v) is 27.4. The molecule has 21 heteroatoms. The summed E-state index contributed by atoms with van der Waals surface area (Å²) < 4.78 is 29.9. The molecule has 438 valence electrons. The summed E-state index contributed by atoms with van der Waals surface area (Å²) in [6.07, 6.45) is -0.885. The highest BCUT2D eigenvalue weighted by Gasteiger charge is 2.45. The van der Waals surface area contributed by atoms with Crippen molar-refractivity contribution in [3.05, 3.63) is 120 Å². The fourth-order valence-electron chi connectivity index (χ4n) is 10.1. The molecule has 2 aromatic heterocycles. The number of nitrogens with two attached hydrogens (primary N) is 2. The van der Waals surface area contributed by atoms with Crippen LogP contribution in [0.15, 0.2) is 97.1 Å². The number of carboxylic acids is 1. The minimum Gasteiger partial charge on any atom is -0.480 e. The van der Waals surface area contributed by atoms with E-state index in [9.17, 15) is 38.7 Å². The molecule has 0 saturated carbocycles. The molecule has 1 aliphatic carbocycles. The molecule has 4 amide bonds. The fraction of sp³-hybridized carbons (Fsp3) is 0.426. The third kappa shape index (κ3) is 14.3. The number of esters is 2. The van der Waals surface area contributed by atoms with Crippen molar-refractivity contribution in [1.82, 2.24) is 24.3 Å². The van der Waals surface area contributed by atoms with E-state index in [0.29, 0.717) is 61.9 Å². The monoisotopic (exact) mass is 1130 g/mol. The molecule has 2 fully saturated rings. The predicted octanol–water partition coefficient (Wildman–Crippen LogP) is 9.34. The van der Waals surface area contributed by atoms with Gasteiger partial charge in [-0.1, -0.05) is 48.5 Å². The summed E-state index contributed by atoms with van der Waals surface area (Å²) in [5.41, 5.74) is 16.8. The Labute approximate surface area is 477 Å². The zero-order chi connectivity index (χ0) is 59.9. The number of piperidine rings is 2. The average Bonchev–Trinajstić information content (AvgIpc) is 4.13. The highest BCUT2D eigenvalue weighted by molar-refractivity contribution is 6.01. The molecule has 9 rings (SSSR count). The van der Waals surface area contributed by atoms with Crippen molar-refractivity contribution in [2.24, 2.45) is 19.8 Å². The molecule has 6 aromatic rings. The lowest BCUT2D eigenvalue weighted by molar-refractivity contribution is -0.146. The van der Waals surface area contributed by atoms with E-state index < -0.39 is 52.5 Å². The van der Waals surface area contributed by atoms with E-state index in [2.05, 4.69) is 10.6 Å². The predicted molar refractivity (Wildman–Crippen MR) is 310 cm³/mol. The number of rotatable bonds is 10. The van der Waals surface area contributed by atoms with Gasteiger partial charge in [0.2, 0.25) is 5.91 Å². The average molecular weight is 1130 g/mol. The number of carboxylic acid groups (broad SMARTS) is 1. The van der Waals surface area contributed by atoms with Gasteiger partial charge in [-0.15, -0.1) is 0 Å². The van der Waals surface area contributed by atoms with Gasteiger partial charge in [0.05, 0.1) is 18.8 Å². The molecule has 0 unspecified atom stereocenters. The van der Waals surface area contributed by atoms with Gasteiger partial charge in [0.1, 0.15) is 34.7 Å². The van der Waals surface area contributed by atoms with Crippen molar-refractivity contribution in [2.45, 2.75) is 109 Å². The van der Waals surface area contributed by atoms with Gasteiger partial charge >= 0.3 is 36.2 Å². The summed E-state index contributed by atoms with van der Waals surface area (Å²) >= 11 is 0. The topological polar surface area (TPSA) is 278 Å². The number of aliphatic carboxylic acids is 1. The number of hydrogen-bond donors (Lipinski definition) is 5. The molecule has 2 aliphatic heterocycles. The molecule has 0 radical (unpaired) electrons. The van der Waals surface area contributed by atoms with E-state index in [1.54, 1.807) is 75.4 Å². The Kier molecular flexibility index (Phi) is 18.6. The number of amides is 4. The van der Waals surface area contributed by atoms with Crippen LogP contribution in [0.25, 0.3) is 32.9 Å². The van der Waals surface area contributed by atoms with E-state index in [1.807, 2.05) is 105 Å². The Bertz CT molecular complexity index is 3310. The summed E-state index contributed by atoms with van der Waals surface area (Å²) in [6.45, 7) is 16.1. The Morgan fingerprint density at radius 1 is 0.622 bits per heavy atom. The third-order valence-electron chi connectivity index (χ3n) is 14.5. The number of anilines is 2. The van der Waals surface area contributed by atoms with E-state index in [1.165, 1.54) is 4.90 Å². The number of hydrogen-bond acceptors (Lipinski definition) is 14. The Morgan fingerprint density at radius 3 is 1.54 bits per heavy atom. The highest BCUT2D eigenvalue weighted by Crippen LogP contribution is 2.44. The third-order valence-corrected chi connectivity index (χ3v) is 14.5. The molecule has 0 spiro atoms. The lowest BCUT2D eigenvalue weighted by Crippen LogP contribution is -2.61. The molecule has 7 N–H and O–H groups in total. The molecule has 21 nitrogen and oxygen atoms in total. The lowest BCUT2D eigenvalue weighted by atomic mass is 9.87. The Morgan fingerprint density at radius 2 is 1.07 bits per heavy atom. The second-order valence-electron chi connectivity index (χ2n) is 22.6. The van der Waals surface area contributed by atoms with Gasteiger partial charge in [-0.25, -0.2) is 28.8 Å². The maximum atomic E-state index is 12.9. The second-order valence-corrected chi connectivity index (χ2v) is 22.6. The number of nitrogens with zero attached hydrogens (tertiary/aromatic N) is 4. The van der Waals surface area contributed by atoms with Crippen LogP contribution < -0.4 is 22.1 Å². The number of aryl methyl sites for hydroxylation is 2. The number of benzene rings is 4. The SMILES string of the molecule is CC(C)(C)OC(=O)N1CCC(NC(=O)OCC2c3ccccc3-c3ccccc32)(C(=O)O)CC1.CCOC(=O)c1cc2cc(N)ccc2n1C.CCOC(=O)c1cc2cc(NC(=O)C3(N)CCN(C(=O)OC(C)(C)C)CC3)ccc2n1C. The van der Waals surface area contributed by atoms with E-state index >= 15 is 0 Å². The van der Waals surface area contributed by atoms with E-state index in [-0.39, 0.29) is 50.3 Å². The van der Waals surface area contributed by atoms with Gasteiger partial charge < -0.3 is 69.8 Å². The molecule has 3 aliphatic rings. The van der Waals surface area contributed by atoms with Crippen LogP contribution in [0.5, 0.6) is 0 Å². The quantitative estimate of drug-likeness (QED) is 0.0485. The number of nitrogen functional groups attached to an aromatic ring is 1. The minimum absolute atomic E-state index is 0.0613. The standard InChI is InChI=1S/C26H30N2O6.C23H32N4O5.C12H14N2O2/c1-25(2,3)34-24(32)28-14-12-26(13-15-28,22(29)30)27-23(31)33-16-21-19-10-6-4-8-17(19)18-9-5-7-11-20(18)21;1-6-31-19(28)18-14-15-13-16(7-8-17(15)26(18)5)25-20(29)23(24)9-11-27(12-10-23)21(30)32-22(2,3)4;1-3-16-12(15)11-7-8-6-9(13)4-5-10(8)14(11)2/h4-11,21H,12-16H2,1-3H3,(H,27,31)(H,29,30);7-8,13-14H,6,9-12,24H2,1-5H3,(H,25,29);4-7H,3,13H2,1-2H3. The van der Waals surface area contributed by atoms with Crippen LogP contribution in [-0.2, 0) is 47.4 Å². The molecule has 2 saturated heterocycles. The maximum absolute atomic E-state index is 12.9. The first-order valence-electron chi connectivity index (χ1n) is 27.4. The first-order chi connectivity index (χ1) is 38.7. The van der Waals surface area contributed by atoms with E-state index in [0.717, 1.165) is 44.1 Å². The number of nitrogens with one attached hydrogen (secondary N) is 2. The molecule has 0 bridgehead atoms. The van der Waals surface area contributed by atoms with Crippen molar-refractivity contribution >= 4 is 75.3 Å². The minimum atomic E-state index is -1.50. The number of likely N-dealkylation sites (tertiary alicyclic amines) is 2. The van der Waals surface area contributed by atoms with Crippen molar-refractivity contribution < 1.29 is 62.4 Å². The second kappa shape index (κ2) is 25.0. The van der Waals surface area contributed by atoms with Crippen LogP contribution in [0, 0.1) is 0 Å². The number of alkyl carbamates (subject to hydrolysis) is 1. The zero-order valence-electron chi connectivity index (χ0n) is 48.4. The molecule has 4 aromatic carbocycles. The summed E-state index contributed by atoms with van der Waals surface area (Å²) in [6, 6.07) is 30.5. The lowest BCUT2D eigenvalue weighted by Gasteiger charge is -2.39. The fourth-order valence-corrected chi connectivity index (χ4v) is 10.1. The van der Waals surface area contributed by atoms with Crippen LogP contribution in [-0.4, -0.2) is 134 Å². The van der Waals surface area contributed by atoms with Crippen molar-refractivity contribution in [3.63, 3.8) is 0 Å². The molecule has 4 heterocycles. The largest absolute Gasteiger partial charge is 0.480 e. The summed E-state index contributed by atoms with van der Waals surface area (Å²) in [4.78, 5) is 89.1. The number of ether oxygens (including phenoxy) is 5. The van der Waals surface area contributed by atoms with Crippen LogP contribution in [0.1, 0.15) is 119 Å². The van der Waals surface area contributed by atoms with E-state index in [4.69, 9.17) is 35.2 Å². The summed E-state index contributed by atoms with van der Waals surface area (Å²) in [5, 5.41) is 17.1. The van der Waals surface area contributed by atoms with Crippen molar-refractivity contribution in [1.29, 1.82) is 0 Å². The number of carbonyl (C=O) groups is 7. The van der Waals surface area contributed by atoms with Gasteiger partial charge in [-0.3, -0.25) is 4.79 Å². The zero-order valence-corrected chi connectivity index (χ0v) is 48.4. The number of aromatic nitrogens is 2. The Balaban J connectivity index is 0.000000188. The maximum Gasteiger partial charge on any atom is 0.410 e. The molecule has 0 atom stereocenters. The van der Waals surface area contributed by atoms with Gasteiger partial charge in [0, 0.05) is 79.4 Å².